The van der Waals surface area contributed by atoms with Crippen LogP contribution in [0.25, 0.3) is 0 Å². The Morgan fingerprint density at radius 3 is 2.87 bits per heavy atom. The van der Waals surface area contributed by atoms with Crippen molar-refractivity contribution in [2.75, 3.05) is 0 Å². The Kier molecular flexibility index (Phi) is 3.42. The number of nitrogens with zero attached hydrogens (tertiary/aromatic N) is 2. The van der Waals surface area contributed by atoms with Gasteiger partial charge in [0, 0.05) is 24.2 Å². The van der Waals surface area contributed by atoms with Crippen LogP contribution in [-0.2, 0) is 6.42 Å². The molecule has 1 unspecified atom stereocenters. The van der Waals surface area contributed by atoms with Crippen molar-refractivity contribution in [1.29, 1.82) is 0 Å². The van der Waals surface area contributed by atoms with Gasteiger partial charge in [0.15, 0.2) is 0 Å². The van der Waals surface area contributed by atoms with Crippen molar-refractivity contribution in [3.05, 3.63) is 46.7 Å². The topological polar surface area (TPSA) is 46.0 Å². The number of aliphatic hydroxyl groups is 1. The first kappa shape index (κ1) is 10.3. The zero-order valence-electron chi connectivity index (χ0n) is 8.21. The number of thiazole rings is 1. The second-order valence-electron chi connectivity index (χ2n) is 3.23. The third kappa shape index (κ3) is 2.84. The van der Waals surface area contributed by atoms with Crippen LogP contribution in [0, 0.1) is 0 Å². The maximum Gasteiger partial charge on any atom is 0.0963 e. The Bertz CT molecular complexity index is 388. The molecule has 0 fully saturated rings. The molecule has 2 aromatic rings. The summed E-state index contributed by atoms with van der Waals surface area (Å²) in [5.41, 5.74) is 0.731. The van der Waals surface area contributed by atoms with Gasteiger partial charge in [-0.3, -0.25) is 4.98 Å². The Morgan fingerprint density at radius 1 is 1.27 bits per heavy atom. The maximum atomic E-state index is 9.83. The van der Waals surface area contributed by atoms with Crippen molar-refractivity contribution in [3.63, 3.8) is 0 Å². The lowest BCUT2D eigenvalue weighted by Crippen LogP contribution is -2.01. The normalized spacial score (nSPS) is 12.6. The molecule has 1 atom stereocenters. The second kappa shape index (κ2) is 5.00. The van der Waals surface area contributed by atoms with Crippen LogP contribution in [-0.4, -0.2) is 15.1 Å². The number of rotatable bonds is 4. The van der Waals surface area contributed by atoms with E-state index in [2.05, 4.69) is 9.97 Å². The number of hydrogen-bond donors (Lipinski definition) is 1. The zero-order valence-corrected chi connectivity index (χ0v) is 9.02. The fourth-order valence-corrected chi connectivity index (χ4v) is 1.99. The van der Waals surface area contributed by atoms with Crippen LogP contribution in [0.3, 0.4) is 0 Å². The minimum Gasteiger partial charge on any atom is -0.387 e. The summed E-state index contributed by atoms with van der Waals surface area (Å²) in [5, 5.41) is 12.8. The molecule has 15 heavy (non-hydrogen) atoms. The lowest BCUT2D eigenvalue weighted by atomic mass is 10.1. The minimum absolute atomic E-state index is 0.491. The first-order valence-corrected chi connectivity index (χ1v) is 5.71. The molecule has 0 aliphatic rings. The van der Waals surface area contributed by atoms with Crippen molar-refractivity contribution in [1.82, 2.24) is 9.97 Å². The monoisotopic (exact) mass is 220 g/mol. The van der Waals surface area contributed by atoms with Gasteiger partial charge >= 0.3 is 0 Å². The van der Waals surface area contributed by atoms with Gasteiger partial charge in [0.1, 0.15) is 0 Å². The van der Waals surface area contributed by atoms with E-state index in [-0.39, 0.29) is 0 Å². The van der Waals surface area contributed by atoms with Gasteiger partial charge in [-0.05, 0) is 18.6 Å². The fourth-order valence-electron chi connectivity index (χ4n) is 1.36. The zero-order chi connectivity index (χ0) is 10.5. The molecule has 0 aliphatic carbocycles. The summed E-state index contributed by atoms with van der Waals surface area (Å²) in [7, 11) is 0. The summed E-state index contributed by atoms with van der Waals surface area (Å²) in [6.07, 6.45) is 4.46. The average Bonchev–Trinajstić information content (AvgIpc) is 2.80. The molecular formula is C11H12N2OS. The molecule has 78 valence electrons. The Labute approximate surface area is 92.5 Å². The van der Waals surface area contributed by atoms with Crippen LogP contribution in [0.5, 0.6) is 0 Å². The Hall–Kier alpha value is -1.26. The molecule has 1 N–H and O–H groups in total. The van der Waals surface area contributed by atoms with Crippen molar-refractivity contribution in [3.8, 4) is 0 Å². The molecule has 0 amide bonds. The van der Waals surface area contributed by atoms with Crippen LogP contribution >= 0.6 is 11.3 Å². The lowest BCUT2D eigenvalue weighted by molar-refractivity contribution is 0.163. The second-order valence-corrected chi connectivity index (χ2v) is 4.21. The first-order chi connectivity index (χ1) is 7.36. The predicted octanol–water partition coefficient (Wildman–Crippen LogP) is 2.20. The SMILES string of the molecule is OC(CCc1nccs1)c1ccccn1. The van der Waals surface area contributed by atoms with E-state index < -0.39 is 6.10 Å². The molecule has 0 radical (unpaired) electrons. The van der Waals surface area contributed by atoms with Crippen molar-refractivity contribution in [2.45, 2.75) is 18.9 Å². The molecule has 4 heteroatoms. The van der Waals surface area contributed by atoms with Crippen molar-refractivity contribution in [2.24, 2.45) is 0 Å². The summed E-state index contributed by atoms with van der Waals surface area (Å²) in [5.74, 6) is 0. The summed E-state index contributed by atoms with van der Waals surface area (Å²) < 4.78 is 0. The van der Waals surface area contributed by atoms with E-state index in [0.717, 1.165) is 17.1 Å². The highest BCUT2D eigenvalue weighted by Gasteiger charge is 2.08. The highest BCUT2D eigenvalue weighted by Crippen LogP contribution is 2.17. The van der Waals surface area contributed by atoms with Crippen LogP contribution in [0.15, 0.2) is 36.0 Å². The third-order valence-corrected chi connectivity index (χ3v) is 2.98. The van der Waals surface area contributed by atoms with E-state index in [9.17, 15) is 5.11 Å². The standard InChI is InChI=1S/C11H12N2OS/c14-10(9-3-1-2-6-12-9)4-5-11-13-7-8-15-11/h1-3,6-8,10,14H,4-5H2. The molecule has 0 bridgehead atoms. The molecule has 0 spiro atoms. The third-order valence-electron chi connectivity index (χ3n) is 2.14. The van der Waals surface area contributed by atoms with Gasteiger partial charge < -0.3 is 5.11 Å². The van der Waals surface area contributed by atoms with Gasteiger partial charge in [-0.1, -0.05) is 6.07 Å². The van der Waals surface area contributed by atoms with E-state index in [0.29, 0.717) is 6.42 Å². The molecule has 2 heterocycles. The van der Waals surface area contributed by atoms with Crippen LogP contribution in [0.2, 0.25) is 0 Å². The van der Waals surface area contributed by atoms with Crippen molar-refractivity contribution < 1.29 is 5.11 Å². The summed E-state index contributed by atoms with van der Waals surface area (Å²) >= 11 is 1.62. The molecule has 0 saturated carbocycles. The first-order valence-electron chi connectivity index (χ1n) is 4.83. The number of aromatic nitrogens is 2. The quantitative estimate of drug-likeness (QED) is 0.859. The highest BCUT2D eigenvalue weighted by molar-refractivity contribution is 7.09. The average molecular weight is 220 g/mol. The largest absolute Gasteiger partial charge is 0.387 e. The predicted molar refractivity (Wildman–Crippen MR) is 59.6 cm³/mol. The molecule has 2 rings (SSSR count). The molecule has 0 aromatic carbocycles. The van der Waals surface area contributed by atoms with E-state index >= 15 is 0 Å². The fraction of sp³-hybridized carbons (Fsp3) is 0.273. The molecule has 2 aromatic heterocycles. The Morgan fingerprint density at radius 2 is 2.20 bits per heavy atom. The van der Waals surface area contributed by atoms with Crippen molar-refractivity contribution >= 4 is 11.3 Å². The molecule has 0 aliphatic heterocycles. The number of aryl methyl sites for hydroxylation is 1. The number of hydrogen-bond acceptors (Lipinski definition) is 4. The minimum atomic E-state index is -0.491. The summed E-state index contributed by atoms with van der Waals surface area (Å²) in [6, 6.07) is 5.57. The number of aliphatic hydroxyl groups excluding tert-OH is 1. The summed E-state index contributed by atoms with van der Waals surface area (Å²) in [6.45, 7) is 0. The van der Waals surface area contributed by atoms with E-state index in [1.807, 2.05) is 23.6 Å². The van der Waals surface area contributed by atoms with Gasteiger partial charge in [0.05, 0.1) is 16.8 Å². The van der Waals surface area contributed by atoms with Gasteiger partial charge in [0.25, 0.3) is 0 Å². The van der Waals surface area contributed by atoms with Gasteiger partial charge in [0.2, 0.25) is 0 Å². The van der Waals surface area contributed by atoms with Gasteiger partial charge in [-0.25, -0.2) is 4.98 Å². The Balaban J connectivity index is 1.90. The van der Waals surface area contributed by atoms with Crippen LogP contribution < -0.4 is 0 Å². The number of pyridine rings is 1. The van der Waals surface area contributed by atoms with Crippen LogP contribution in [0.1, 0.15) is 23.2 Å². The van der Waals surface area contributed by atoms with Gasteiger partial charge in [-0.15, -0.1) is 11.3 Å². The van der Waals surface area contributed by atoms with Gasteiger partial charge in [-0.2, -0.15) is 0 Å². The molecular weight excluding hydrogens is 208 g/mol. The van der Waals surface area contributed by atoms with E-state index in [1.165, 1.54) is 0 Å². The van der Waals surface area contributed by atoms with E-state index in [4.69, 9.17) is 0 Å². The summed E-state index contributed by atoms with van der Waals surface area (Å²) in [4.78, 5) is 8.28. The lowest BCUT2D eigenvalue weighted by Gasteiger charge is -2.07. The van der Waals surface area contributed by atoms with E-state index in [1.54, 1.807) is 23.7 Å². The van der Waals surface area contributed by atoms with Crippen LogP contribution in [0.4, 0.5) is 0 Å². The smallest absolute Gasteiger partial charge is 0.0963 e. The molecule has 3 nitrogen and oxygen atoms in total. The molecule has 0 saturated heterocycles. The highest BCUT2D eigenvalue weighted by atomic mass is 32.1. The maximum absolute atomic E-state index is 9.83.